The fourth-order valence-electron chi connectivity index (χ4n) is 8.63. The van der Waals surface area contributed by atoms with Gasteiger partial charge in [-0.15, -0.1) is 0 Å². The lowest BCUT2D eigenvalue weighted by molar-refractivity contribution is -0.137. The number of alkyl halides is 3. The summed E-state index contributed by atoms with van der Waals surface area (Å²) in [5, 5.41) is 3.65. The first-order valence-electron chi connectivity index (χ1n) is 19.0. The summed E-state index contributed by atoms with van der Waals surface area (Å²) in [7, 11) is 0. The first-order chi connectivity index (χ1) is 29.3. The molecule has 0 amide bonds. The van der Waals surface area contributed by atoms with Crippen LogP contribution in [-0.2, 0) is 6.18 Å². The molecule has 0 bridgehead atoms. The van der Waals surface area contributed by atoms with E-state index in [0.29, 0.717) is 22.7 Å². The highest BCUT2D eigenvalue weighted by molar-refractivity contribution is 6.13. The number of para-hydroxylation sites is 4. The van der Waals surface area contributed by atoms with Gasteiger partial charge in [0.25, 0.3) is 0 Å². The third-order valence-electron chi connectivity index (χ3n) is 11.2. The van der Waals surface area contributed by atoms with Gasteiger partial charge in [-0.05, 0) is 88.0 Å². The Morgan fingerprint density at radius 3 is 1.28 bits per heavy atom. The second-order valence-corrected chi connectivity index (χ2v) is 14.4. The van der Waals surface area contributed by atoms with E-state index in [4.69, 9.17) is 19.7 Å². The van der Waals surface area contributed by atoms with Gasteiger partial charge in [-0.3, -0.25) is 0 Å². The zero-order valence-electron chi connectivity index (χ0n) is 31.5. The van der Waals surface area contributed by atoms with Crippen molar-refractivity contribution >= 4 is 60.7 Å². The van der Waals surface area contributed by atoms with Crippen molar-refractivity contribution in [1.82, 2.24) is 9.13 Å². The van der Waals surface area contributed by atoms with Crippen LogP contribution in [0.2, 0.25) is 0 Å². The molecule has 0 saturated heterocycles. The van der Waals surface area contributed by atoms with Crippen LogP contribution in [0.5, 0.6) is 0 Å². The molecule has 0 radical (unpaired) electrons. The molecule has 2 heterocycles. The molecule has 2 aromatic heterocycles. The van der Waals surface area contributed by atoms with Gasteiger partial charge in [-0.2, -0.15) is 13.2 Å². The average Bonchev–Trinajstić information content (AvgIpc) is 3.80. The van der Waals surface area contributed by atoms with Crippen molar-refractivity contribution in [3.05, 3.63) is 210 Å². The zero-order valence-corrected chi connectivity index (χ0v) is 31.5. The van der Waals surface area contributed by atoms with Crippen LogP contribution in [0.25, 0.3) is 103 Å². The van der Waals surface area contributed by atoms with Gasteiger partial charge in [-0.25, -0.2) is 14.5 Å². The molecule has 0 unspecified atom stereocenters. The smallest absolute Gasteiger partial charge is 0.308 e. The van der Waals surface area contributed by atoms with E-state index < -0.39 is 11.7 Å². The second-order valence-electron chi connectivity index (χ2n) is 14.4. The molecule has 0 aliphatic carbocycles. The summed E-state index contributed by atoms with van der Waals surface area (Å²) in [5.41, 5.74) is 8.12. The first kappa shape index (κ1) is 36.0. The van der Waals surface area contributed by atoms with Gasteiger partial charge in [-0.1, -0.05) is 115 Å². The van der Waals surface area contributed by atoms with Crippen molar-refractivity contribution < 1.29 is 13.2 Å². The zero-order chi connectivity index (χ0) is 41.1. The Kier molecular flexibility index (Phi) is 8.35. The van der Waals surface area contributed by atoms with Gasteiger partial charge in [0, 0.05) is 21.5 Å². The SMILES string of the molecule is [C-]#[N+]c1ccccc1-c1ccc2c(c1)c1ccccc1n2-c1cc([N+]#[C-])c(-c2ccccc2C(F)(F)F)cc1-n1c2ccccc2c2cc(-c3ccccc3[N+]#[C-])ccc21. The minimum atomic E-state index is -4.67. The lowest BCUT2D eigenvalue weighted by atomic mass is 9.96. The molecule has 0 saturated carbocycles. The largest absolute Gasteiger partial charge is 0.416 e. The van der Waals surface area contributed by atoms with E-state index in [2.05, 4.69) is 35.8 Å². The standard InChI is InChI=1S/C52H28F3N5/c1-56-43-20-10-5-14-34(43)32-24-26-48-40(28-32)37-17-7-12-22-46(37)59(48)50-30-39(36-16-4-9-19-42(36)52(53,54)55)45(58-3)31-51(50)60-47-23-13-8-18-38(47)41-29-33(25-27-49(41)60)35-15-6-11-21-44(35)57-2/h4-31H. The summed E-state index contributed by atoms with van der Waals surface area (Å²) in [4.78, 5) is 11.4. The maximum Gasteiger partial charge on any atom is 0.416 e. The van der Waals surface area contributed by atoms with E-state index in [9.17, 15) is 13.2 Å². The fourth-order valence-corrected chi connectivity index (χ4v) is 8.63. The summed E-state index contributed by atoms with van der Waals surface area (Å²) in [5.74, 6) is 0. The number of hydrogen-bond acceptors (Lipinski definition) is 0. The van der Waals surface area contributed by atoms with E-state index in [1.165, 1.54) is 12.1 Å². The molecule has 10 aromatic rings. The molecular weight excluding hydrogens is 752 g/mol. The molecule has 60 heavy (non-hydrogen) atoms. The van der Waals surface area contributed by atoms with Crippen LogP contribution in [0.15, 0.2) is 170 Å². The molecule has 0 aliphatic heterocycles. The number of halogens is 3. The second kappa shape index (κ2) is 13.9. The Morgan fingerprint density at radius 1 is 0.367 bits per heavy atom. The van der Waals surface area contributed by atoms with Crippen LogP contribution in [0.4, 0.5) is 30.2 Å². The molecule has 8 heteroatoms. The van der Waals surface area contributed by atoms with Crippen molar-refractivity contribution in [3.8, 4) is 44.8 Å². The summed E-state index contributed by atoms with van der Waals surface area (Å²) >= 11 is 0. The number of benzene rings is 8. The Morgan fingerprint density at radius 2 is 0.783 bits per heavy atom. The summed E-state index contributed by atoms with van der Waals surface area (Å²) in [6.07, 6.45) is -4.67. The van der Waals surface area contributed by atoms with Crippen LogP contribution < -0.4 is 0 Å². The lowest BCUT2D eigenvalue weighted by Gasteiger charge is -2.21. The molecule has 0 spiro atoms. The predicted molar refractivity (Wildman–Crippen MR) is 235 cm³/mol. The third kappa shape index (κ3) is 5.61. The lowest BCUT2D eigenvalue weighted by Crippen LogP contribution is -2.08. The number of aromatic nitrogens is 2. The van der Waals surface area contributed by atoms with Crippen LogP contribution in [0.1, 0.15) is 5.56 Å². The topological polar surface area (TPSA) is 22.9 Å². The molecule has 10 rings (SSSR count). The van der Waals surface area contributed by atoms with Crippen LogP contribution in [0, 0.1) is 19.7 Å². The van der Waals surface area contributed by atoms with Gasteiger partial charge < -0.3 is 9.13 Å². The Hall–Kier alpha value is -8.38. The fraction of sp³-hybridized carbons (Fsp3) is 0.0192. The van der Waals surface area contributed by atoms with Crippen molar-refractivity contribution in [2.24, 2.45) is 0 Å². The molecule has 0 aliphatic rings. The maximum atomic E-state index is 14.7. The summed E-state index contributed by atoms with van der Waals surface area (Å²) in [6, 6.07) is 51.7. The summed E-state index contributed by atoms with van der Waals surface area (Å²) < 4.78 is 48.3. The Bertz CT molecular complexity index is 3530. The Labute approximate surface area is 342 Å². The number of nitrogens with zero attached hydrogens (tertiary/aromatic N) is 5. The van der Waals surface area contributed by atoms with E-state index >= 15 is 0 Å². The minimum Gasteiger partial charge on any atom is -0.308 e. The molecule has 0 atom stereocenters. The van der Waals surface area contributed by atoms with Crippen molar-refractivity contribution in [2.45, 2.75) is 6.18 Å². The third-order valence-corrected chi connectivity index (χ3v) is 11.2. The van der Waals surface area contributed by atoms with E-state index in [1.54, 1.807) is 30.3 Å². The normalized spacial score (nSPS) is 11.5. The highest BCUT2D eigenvalue weighted by Crippen LogP contribution is 2.47. The van der Waals surface area contributed by atoms with Crippen LogP contribution >= 0.6 is 0 Å². The van der Waals surface area contributed by atoms with Crippen molar-refractivity contribution in [2.75, 3.05) is 0 Å². The number of hydrogen-bond donors (Lipinski definition) is 0. The molecule has 0 fully saturated rings. The van der Waals surface area contributed by atoms with Crippen LogP contribution in [0.3, 0.4) is 0 Å². The minimum absolute atomic E-state index is 0.0674. The molecular formula is C52H28F3N5. The first-order valence-corrected chi connectivity index (χ1v) is 19.0. The monoisotopic (exact) mass is 779 g/mol. The molecule has 8 aromatic carbocycles. The molecule has 5 nitrogen and oxygen atoms in total. The molecule has 0 N–H and O–H groups in total. The van der Waals surface area contributed by atoms with Gasteiger partial charge in [0.2, 0.25) is 0 Å². The number of rotatable bonds is 5. The summed E-state index contributed by atoms with van der Waals surface area (Å²) in [6.45, 7) is 24.0. The van der Waals surface area contributed by atoms with Crippen molar-refractivity contribution in [1.29, 1.82) is 0 Å². The number of fused-ring (bicyclic) bond motifs is 6. The van der Waals surface area contributed by atoms with E-state index in [1.807, 2.05) is 109 Å². The highest BCUT2D eigenvalue weighted by Gasteiger charge is 2.34. The Balaban J connectivity index is 1.33. The van der Waals surface area contributed by atoms with Gasteiger partial charge in [0.15, 0.2) is 17.1 Å². The van der Waals surface area contributed by atoms with Crippen LogP contribution in [-0.4, -0.2) is 9.13 Å². The van der Waals surface area contributed by atoms with Gasteiger partial charge in [0.1, 0.15) is 0 Å². The van der Waals surface area contributed by atoms with Crippen molar-refractivity contribution in [3.63, 3.8) is 0 Å². The van der Waals surface area contributed by atoms with Gasteiger partial charge in [0.05, 0.1) is 58.7 Å². The van der Waals surface area contributed by atoms with E-state index in [-0.39, 0.29) is 16.8 Å². The average molecular weight is 780 g/mol. The van der Waals surface area contributed by atoms with E-state index in [0.717, 1.165) is 71.9 Å². The highest BCUT2D eigenvalue weighted by atomic mass is 19.4. The molecule has 282 valence electrons. The van der Waals surface area contributed by atoms with Gasteiger partial charge >= 0.3 is 6.18 Å². The maximum absolute atomic E-state index is 14.7. The predicted octanol–water partition coefficient (Wildman–Crippen LogP) is 15.6. The quantitative estimate of drug-likeness (QED) is 0.155.